The summed E-state index contributed by atoms with van der Waals surface area (Å²) in [6.07, 6.45) is 0. The predicted molar refractivity (Wildman–Crippen MR) is 79.7 cm³/mol. The van der Waals surface area contributed by atoms with Crippen LogP contribution in [-0.2, 0) is 10.0 Å². The van der Waals surface area contributed by atoms with Gasteiger partial charge in [-0.05, 0) is 45.0 Å². The normalized spacial score (nSPS) is 11.3. The topological polar surface area (TPSA) is 67.4 Å². The Balaban J connectivity index is 2.97. The van der Waals surface area contributed by atoms with E-state index in [1.54, 1.807) is 19.2 Å². The zero-order chi connectivity index (χ0) is 13.8. The number of benzene rings is 1. The first-order valence-electron chi connectivity index (χ1n) is 5.07. The highest BCUT2D eigenvalue weighted by Crippen LogP contribution is 2.34. The molecule has 0 aliphatic rings. The fourth-order valence-electron chi connectivity index (χ4n) is 1.22. The maximum Gasteiger partial charge on any atom is 0.234 e. The van der Waals surface area contributed by atoms with Crippen LogP contribution in [0, 0.1) is 0 Å². The molecule has 5 nitrogen and oxygen atoms in total. The lowest BCUT2D eigenvalue weighted by Gasteiger charge is -2.12. The van der Waals surface area contributed by atoms with Gasteiger partial charge in [0.15, 0.2) is 0 Å². The summed E-state index contributed by atoms with van der Waals surface area (Å²) in [7, 11) is -0.147. The first kappa shape index (κ1) is 15.7. The lowest BCUT2D eigenvalue weighted by atomic mass is 10.3. The van der Waals surface area contributed by atoms with Crippen molar-refractivity contribution < 1.29 is 13.2 Å². The van der Waals surface area contributed by atoms with Crippen molar-refractivity contribution in [2.45, 2.75) is 0 Å². The number of halogens is 2. The van der Waals surface area contributed by atoms with E-state index in [0.717, 1.165) is 4.47 Å². The van der Waals surface area contributed by atoms with Crippen LogP contribution in [0.2, 0.25) is 0 Å². The molecule has 0 aliphatic carbocycles. The zero-order valence-electron chi connectivity index (χ0n) is 9.96. The Bertz CT molecular complexity index is 520. The summed E-state index contributed by atoms with van der Waals surface area (Å²) in [5.41, 5.74) is 0.450. The summed E-state index contributed by atoms with van der Waals surface area (Å²) in [5.74, 6) is 0.568. The minimum atomic E-state index is -3.37. The fraction of sp³-hybridized carbons (Fsp3) is 0.400. The van der Waals surface area contributed by atoms with Crippen molar-refractivity contribution in [1.82, 2.24) is 5.32 Å². The standard InChI is InChI=1S/C10H14Br2N2O3S/c1-13-3-4-18(15,16)14-9-6-10(17-2)8(12)5-7(9)11/h5-6,13-14H,3-4H2,1-2H3. The summed E-state index contributed by atoms with van der Waals surface area (Å²) in [4.78, 5) is 0. The van der Waals surface area contributed by atoms with Gasteiger partial charge in [-0.1, -0.05) is 0 Å². The molecule has 18 heavy (non-hydrogen) atoms. The van der Waals surface area contributed by atoms with Crippen LogP contribution in [0.5, 0.6) is 5.75 Å². The van der Waals surface area contributed by atoms with E-state index in [9.17, 15) is 8.42 Å². The number of methoxy groups -OCH3 is 1. The Hall–Kier alpha value is -0.310. The van der Waals surface area contributed by atoms with Crippen molar-refractivity contribution in [1.29, 1.82) is 0 Å². The summed E-state index contributed by atoms with van der Waals surface area (Å²) in [6.45, 7) is 0.389. The van der Waals surface area contributed by atoms with Gasteiger partial charge in [-0.2, -0.15) is 0 Å². The highest BCUT2D eigenvalue weighted by atomic mass is 79.9. The number of sulfonamides is 1. The largest absolute Gasteiger partial charge is 0.495 e. The monoisotopic (exact) mass is 400 g/mol. The zero-order valence-corrected chi connectivity index (χ0v) is 13.9. The smallest absolute Gasteiger partial charge is 0.234 e. The maximum absolute atomic E-state index is 11.8. The van der Waals surface area contributed by atoms with Crippen molar-refractivity contribution in [3.63, 3.8) is 0 Å². The molecule has 0 aromatic heterocycles. The minimum Gasteiger partial charge on any atom is -0.495 e. The van der Waals surface area contributed by atoms with Crippen LogP contribution in [0.25, 0.3) is 0 Å². The second-order valence-electron chi connectivity index (χ2n) is 3.49. The average Bonchev–Trinajstić information content (AvgIpc) is 2.30. The van der Waals surface area contributed by atoms with Gasteiger partial charge in [-0.15, -0.1) is 0 Å². The number of hydrogen-bond donors (Lipinski definition) is 2. The fourth-order valence-corrected chi connectivity index (χ4v) is 3.68. The maximum atomic E-state index is 11.8. The van der Waals surface area contributed by atoms with Crippen molar-refractivity contribution in [3.8, 4) is 5.75 Å². The van der Waals surface area contributed by atoms with E-state index in [-0.39, 0.29) is 5.75 Å². The molecule has 0 saturated carbocycles. The SMILES string of the molecule is CNCCS(=O)(=O)Nc1cc(OC)c(Br)cc1Br. The average molecular weight is 402 g/mol. The van der Waals surface area contributed by atoms with E-state index in [1.165, 1.54) is 7.11 Å². The van der Waals surface area contributed by atoms with E-state index < -0.39 is 10.0 Å². The molecule has 1 aromatic rings. The van der Waals surface area contributed by atoms with Crippen molar-refractivity contribution in [2.75, 3.05) is 31.2 Å². The minimum absolute atomic E-state index is 0.00825. The third kappa shape index (κ3) is 4.42. The third-order valence-corrected chi connectivity index (χ3v) is 4.68. The number of nitrogens with one attached hydrogen (secondary N) is 2. The van der Waals surface area contributed by atoms with Gasteiger partial charge in [0, 0.05) is 17.1 Å². The lowest BCUT2D eigenvalue weighted by molar-refractivity contribution is 0.412. The molecule has 0 bridgehead atoms. The highest BCUT2D eigenvalue weighted by Gasteiger charge is 2.14. The van der Waals surface area contributed by atoms with Crippen LogP contribution < -0.4 is 14.8 Å². The molecule has 0 fully saturated rings. The summed E-state index contributed by atoms with van der Waals surface area (Å²) in [6, 6.07) is 3.35. The van der Waals surface area contributed by atoms with Gasteiger partial charge in [0.1, 0.15) is 5.75 Å². The Labute approximate surface area is 124 Å². The van der Waals surface area contributed by atoms with E-state index >= 15 is 0 Å². The van der Waals surface area contributed by atoms with Gasteiger partial charge < -0.3 is 10.1 Å². The Morgan fingerprint density at radius 2 is 1.94 bits per heavy atom. The van der Waals surface area contributed by atoms with Gasteiger partial charge in [0.2, 0.25) is 10.0 Å². The quantitative estimate of drug-likeness (QED) is 0.766. The molecular formula is C10H14Br2N2O3S. The van der Waals surface area contributed by atoms with Gasteiger partial charge >= 0.3 is 0 Å². The first-order chi connectivity index (χ1) is 8.39. The summed E-state index contributed by atoms with van der Waals surface area (Å²) in [5, 5.41) is 2.79. The molecule has 0 spiro atoms. The molecule has 1 rings (SSSR count). The molecule has 0 atom stereocenters. The third-order valence-electron chi connectivity index (χ3n) is 2.13. The molecule has 1 aromatic carbocycles. The van der Waals surface area contributed by atoms with Crippen molar-refractivity contribution >= 4 is 47.6 Å². The molecule has 0 heterocycles. The molecule has 0 amide bonds. The van der Waals surface area contributed by atoms with Crippen LogP contribution >= 0.6 is 31.9 Å². The van der Waals surface area contributed by atoms with Gasteiger partial charge in [-0.3, -0.25) is 4.72 Å². The van der Waals surface area contributed by atoms with Crippen LogP contribution in [0.15, 0.2) is 21.1 Å². The molecule has 0 radical (unpaired) electrons. The Kier molecular flexibility index (Phi) is 5.90. The van der Waals surface area contributed by atoms with E-state index in [4.69, 9.17) is 4.74 Å². The first-order valence-corrected chi connectivity index (χ1v) is 8.31. The molecule has 102 valence electrons. The van der Waals surface area contributed by atoms with Crippen LogP contribution in [0.3, 0.4) is 0 Å². The summed E-state index contributed by atoms with van der Waals surface area (Å²) >= 11 is 6.62. The summed E-state index contributed by atoms with van der Waals surface area (Å²) < 4.78 is 32.6. The predicted octanol–water partition coefficient (Wildman–Crippen LogP) is 2.18. The van der Waals surface area contributed by atoms with Gasteiger partial charge in [-0.25, -0.2) is 8.42 Å². The second kappa shape index (κ2) is 6.74. The number of hydrogen-bond acceptors (Lipinski definition) is 4. The van der Waals surface area contributed by atoms with Crippen LogP contribution in [0.4, 0.5) is 5.69 Å². The number of ether oxygens (including phenoxy) is 1. The van der Waals surface area contributed by atoms with E-state index in [2.05, 4.69) is 41.9 Å². The Morgan fingerprint density at radius 1 is 1.28 bits per heavy atom. The molecule has 0 aliphatic heterocycles. The number of rotatable bonds is 6. The highest BCUT2D eigenvalue weighted by molar-refractivity contribution is 9.11. The molecule has 0 unspecified atom stereocenters. The van der Waals surface area contributed by atoms with Crippen LogP contribution in [0.1, 0.15) is 0 Å². The van der Waals surface area contributed by atoms with Gasteiger partial charge in [0.25, 0.3) is 0 Å². The van der Waals surface area contributed by atoms with E-state index in [0.29, 0.717) is 22.5 Å². The molecule has 8 heteroatoms. The van der Waals surface area contributed by atoms with Crippen molar-refractivity contribution in [2.24, 2.45) is 0 Å². The molecule has 2 N–H and O–H groups in total. The Morgan fingerprint density at radius 3 is 2.50 bits per heavy atom. The lowest BCUT2D eigenvalue weighted by Crippen LogP contribution is -2.24. The van der Waals surface area contributed by atoms with Gasteiger partial charge in [0.05, 0.1) is 23.0 Å². The second-order valence-corrected chi connectivity index (χ2v) is 7.04. The molecular weight excluding hydrogens is 388 g/mol. The number of anilines is 1. The van der Waals surface area contributed by atoms with Crippen molar-refractivity contribution in [3.05, 3.63) is 21.1 Å². The molecule has 0 saturated heterocycles. The van der Waals surface area contributed by atoms with Crippen LogP contribution in [-0.4, -0.2) is 34.9 Å². The van der Waals surface area contributed by atoms with E-state index in [1.807, 2.05) is 0 Å².